The molecule has 2 rings (SSSR count). The Bertz CT molecular complexity index is 212. The van der Waals surface area contributed by atoms with E-state index >= 15 is 0 Å². The molecule has 16 heavy (non-hydrogen) atoms. The van der Waals surface area contributed by atoms with E-state index < -0.39 is 0 Å². The molecule has 0 aromatic heterocycles. The van der Waals surface area contributed by atoms with Crippen molar-refractivity contribution >= 4 is 29.9 Å². The maximum Gasteiger partial charge on any atom is 0.191 e. The Morgan fingerprint density at radius 3 is 2.69 bits per heavy atom. The van der Waals surface area contributed by atoms with Crippen LogP contribution in [0.15, 0.2) is 4.99 Å². The van der Waals surface area contributed by atoms with Crippen LogP contribution in [0.25, 0.3) is 0 Å². The van der Waals surface area contributed by atoms with Crippen molar-refractivity contribution in [2.24, 2.45) is 10.9 Å². The van der Waals surface area contributed by atoms with E-state index in [-0.39, 0.29) is 24.0 Å². The molecule has 0 bridgehead atoms. The number of nitrogens with zero attached hydrogens (tertiary/aromatic N) is 1. The molecule has 94 valence electrons. The van der Waals surface area contributed by atoms with Gasteiger partial charge in [-0.2, -0.15) is 0 Å². The number of hydrogen-bond donors (Lipinski definition) is 2. The first kappa shape index (κ1) is 14.1. The lowest BCUT2D eigenvalue weighted by molar-refractivity contribution is 0.339. The molecule has 2 N–H and O–H groups in total. The van der Waals surface area contributed by atoms with Crippen LogP contribution in [0.1, 0.15) is 44.9 Å². The van der Waals surface area contributed by atoms with Gasteiger partial charge in [0.1, 0.15) is 0 Å². The fourth-order valence-electron chi connectivity index (χ4n) is 2.52. The summed E-state index contributed by atoms with van der Waals surface area (Å²) in [5, 5.41) is 6.70. The van der Waals surface area contributed by atoms with Crippen LogP contribution < -0.4 is 10.6 Å². The van der Waals surface area contributed by atoms with Gasteiger partial charge in [-0.25, -0.2) is 0 Å². The van der Waals surface area contributed by atoms with E-state index in [1.165, 1.54) is 44.9 Å². The van der Waals surface area contributed by atoms with Crippen LogP contribution in [-0.2, 0) is 0 Å². The molecule has 1 fully saturated rings. The van der Waals surface area contributed by atoms with Gasteiger partial charge in [-0.3, -0.25) is 4.99 Å². The largest absolute Gasteiger partial charge is 0.356 e. The topological polar surface area (TPSA) is 36.4 Å². The Morgan fingerprint density at radius 1 is 1.19 bits per heavy atom. The highest BCUT2D eigenvalue weighted by molar-refractivity contribution is 14.0. The average molecular weight is 337 g/mol. The Labute approximate surface area is 116 Å². The second kappa shape index (κ2) is 8.14. The van der Waals surface area contributed by atoms with Gasteiger partial charge in [-0.15, -0.1) is 24.0 Å². The van der Waals surface area contributed by atoms with E-state index in [4.69, 9.17) is 0 Å². The molecule has 0 aromatic carbocycles. The van der Waals surface area contributed by atoms with E-state index in [0.29, 0.717) is 0 Å². The highest BCUT2D eigenvalue weighted by Crippen LogP contribution is 2.25. The molecule has 0 amide bonds. The van der Waals surface area contributed by atoms with Crippen LogP contribution in [0.2, 0.25) is 0 Å². The first-order chi connectivity index (χ1) is 7.45. The maximum absolute atomic E-state index is 4.41. The third-order valence-corrected chi connectivity index (χ3v) is 3.47. The van der Waals surface area contributed by atoms with Gasteiger partial charge in [0.2, 0.25) is 0 Å². The summed E-state index contributed by atoms with van der Waals surface area (Å²) in [4.78, 5) is 4.41. The molecule has 0 unspecified atom stereocenters. The molecule has 0 spiro atoms. The smallest absolute Gasteiger partial charge is 0.191 e. The molecule has 4 heteroatoms. The summed E-state index contributed by atoms with van der Waals surface area (Å²) in [5.74, 6) is 1.99. The van der Waals surface area contributed by atoms with E-state index in [2.05, 4.69) is 15.6 Å². The number of guanidine groups is 1. The van der Waals surface area contributed by atoms with E-state index in [0.717, 1.165) is 31.5 Å². The number of hydrogen-bond acceptors (Lipinski definition) is 3. The number of aliphatic imine (C=N–C) groups is 1. The van der Waals surface area contributed by atoms with Gasteiger partial charge >= 0.3 is 0 Å². The summed E-state index contributed by atoms with van der Waals surface area (Å²) in [7, 11) is 0. The maximum atomic E-state index is 4.41. The Balaban J connectivity index is 0.00000128. The van der Waals surface area contributed by atoms with Gasteiger partial charge in [0.25, 0.3) is 0 Å². The van der Waals surface area contributed by atoms with Crippen molar-refractivity contribution in [3.8, 4) is 0 Å². The summed E-state index contributed by atoms with van der Waals surface area (Å²) in [6.07, 6.45) is 9.74. The standard InChI is InChI=1S/C12H23N3.HI/c1-2-5-11(6-3-1)7-10-15-12-13-8-4-9-14-12;/h11H,1-10H2,(H2,13,14,15);1H. The predicted octanol–water partition coefficient (Wildman–Crippen LogP) is 2.51. The Hall–Kier alpha value is 0. The minimum Gasteiger partial charge on any atom is -0.356 e. The van der Waals surface area contributed by atoms with Crippen molar-refractivity contribution in [2.45, 2.75) is 44.9 Å². The lowest BCUT2D eigenvalue weighted by Crippen LogP contribution is -2.41. The molecular weight excluding hydrogens is 313 g/mol. The number of halogens is 1. The van der Waals surface area contributed by atoms with Crippen LogP contribution in [0, 0.1) is 5.92 Å². The molecule has 2 aliphatic rings. The molecule has 1 aliphatic heterocycles. The number of nitrogens with one attached hydrogen (secondary N) is 2. The Kier molecular flexibility index (Phi) is 7.16. The highest BCUT2D eigenvalue weighted by atomic mass is 127. The molecule has 0 aromatic rings. The third kappa shape index (κ3) is 4.89. The van der Waals surface area contributed by atoms with E-state index in [1.54, 1.807) is 0 Å². The zero-order chi connectivity index (χ0) is 10.3. The molecule has 3 nitrogen and oxygen atoms in total. The zero-order valence-corrected chi connectivity index (χ0v) is 12.3. The van der Waals surface area contributed by atoms with Gasteiger partial charge in [0, 0.05) is 19.6 Å². The predicted molar refractivity (Wildman–Crippen MR) is 79.5 cm³/mol. The second-order valence-electron chi connectivity index (χ2n) is 4.73. The average Bonchev–Trinajstić information content (AvgIpc) is 2.32. The van der Waals surface area contributed by atoms with Gasteiger partial charge in [0.15, 0.2) is 5.96 Å². The van der Waals surface area contributed by atoms with Crippen molar-refractivity contribution < 1.29 is 0 Å². The molecular formula is C12H24IN3. The fraction of sp³-hybridized carbons (Fsp3) is 0.917. The van der Waals surface area contributed by atoms with Crippen LogP contribution >= 0.6 is 24.0 Å². The monoisotopic (exact) mass is 337 g/mol. The van der Waals surface area contributed by atoms with E-state index in [1.807, 2.05) is 0 Å². The highest BCUT2D eigenvalue weighted by Gasteiger charge is 2.13. The summed E-state index contributed by atoms with van der Waals surface area (Å²) in [5.41, 5.74) is 0. The molecule has 1 saturated carbocycles. The summed E-state index contributed by atoms with van der Waals surface area (Å²) in [6, 6.07) is 0. The van der Waals surface area contributed by atoms with Gasteiger partial charge in [-0.1, -0.05) is 32.1 Å². The molecule has 1 aliphatic carbocycles. The van der Waals surface area contributed by atoms with Crippen LogP contribution in [0.3, 0.4) is 0 Å². The van der Waals surface area contributed by atoms with Gasteiger partial charge in [-0.05, 0) is 18.8 Å². The van der Waals surface area contributed by atoms with Crippen molar-refractivity contribution in [2.75, 3.05) is 19.6 Å². The minimum absolute atomic E-state index is 0. The van der Waals surface area contributed by atoms with Crippen LogP contribution in [-0.4, -0.2) is 25.6 Å². The molecule has 1 heterocycles. The van der Waals surface area contributed by atoms with Crippen molar-refractivity contribution in [1.29, 1.82) is 0 Å². The normalized spacial score (nSPS) is 21.6. The summed E-state index contributed by atoms with van der Waals surface area (Å²) in [6.45, 7) is 3.16. The first-order valence-corrected chi connectivity index (χ1v) is 6.47. The van der Waals surface area contributed by atoms with Crippen molar-refractivity contribution in [3.63, 3.8) is 0 Å². The SMILES string of the molecule is C1CCC(CCNC2=NCCCN2)CC1.I. The van der Waals surface area contributed by atoms with Crippen LogP contribution in [0.4, 0.5) is 0 Å². The second-order valence-corrected chi connectivity index (χ2v) is 4.73. The van der Waals surface area contributed by atoms with Crippen molar-refractivity contribution in [3.05, 3.63) is 0 Å². The lowest BCUT2D eigenvalue weighted by Gasteiger charge is -2.22. The first-order valence-electron chi connectivity index (χ1n) is 6.47. The quantitative estimate of drug-likeness (QED) is 0.777. The summed E-state index contributed by atoms with van der Waals surface area (Å²) >= 11 is 0. The molecule has 0 saturated heterocycles. The van der Waals surface area contributed by atoms with Gasteiger partial charge < -0.3 is 10.6 Å². The van der Waals surface area contributed by atoms with Crippen molar-refractivity contribution in [1.82, 2.24) is 10.6 Å². The van der Waals surface area contributed by atoms with Crippen LogP contribution in [0.5, 0.6) is 0 Å². The third-order valence-electron chi connectivity index (χ3n) is 3.47. The zero-order valence-electron chi connectivity index (χ0n) is 10.0. The Morgan fingerprint density at radius 2 is 2.00 bits per heavy atom. The summed E-state index contributed by atoms with van der Waals surface area (Å²) < 4.78 is 0. The molecule has 0 atom stereocenters. The minimum atomic E-state index is 0. The van der Waals surface area contributed by atoms with Gasteiger partial charge in [0.05, 0.1) is 0 Å². The van der Waals surface area contributed by atoms with E-state index in [9.17, 15) is 0 Å². The number of rotatable bonds is 3. The lowest BCUT2D eigenvalue weighted by atomic mass is 9.87. The molecule has 0 radical (unpaired) electrons. The fourth-order valence-corrected chi connectivity index (χ4v) is 2.52.